The average molecular weight is 100 g/mol. The van der Waals surface area contributed by atoms with E-state index >= 15 is 0 Å². The summed E-state index contributed by atoms with van der Waals surface area (Å²) >= 11 is 0. The lowest BCUT2D eigenvalue weighted by atomic mass is 9.15. The van der Waals surface area contributed by atoms with Crippen LogP contribution < -0.4 is 0 Å². The summed E-state index contributed by atoms with van der Waals surface area (Å²) in [5.41, 5.74) is 7.50. The molecule has 6 aliphatic rings. The summed E-state index contributed by atoms with van der Waals surface area (Å²) in [6, 6.07) is 0. The minimum absolute atomic E-state index is 1.09. The van der Waals surface area contributed by atoms with Crippen molar-refractivity contribution < 1.29 is 0 Å². The van der Waals surface area contributed by atoms with Crippen LogP contribution in [0.1, 0.15) is 0 Å². The van der Waals surface area contributed by atoms with Gasteiger partial charge in [-0.15, -0.1) is 0 Å². The first kappa shape index (κ1) is 2.38. The normalized spacial score (nSPS) is 72.0. The Balaban J connectivity index is 2.38. The highest BCUT2D eigenvalue weighted by molar-refractivity contribution is 5.89. The average Bonchev–Trinajstić information content (AvgIpc) is 1.90. The molecule has 6 aliphatic carbocycles. The Kier molecular flexibility index (Phi) is 0.105. The lowest BCUT2D eigenvalue weighted by molar-refractivity contribution is -0.0461. The topological polar surface area (TPSA) is 0 Å². The molecule has 0 saturated heterocycles. The molecule has 0 heteroatoms. The van der Waals surface area contributed by atoms with Gasteiger partial charge in [-0.2, -0.15) is 0 Å². The van der Waals surface area contributed by atoms with Gasteiger partial charge in [-0.1, -0.05) is 11.1 Å². The molecule has 0 spiro atoms. The van der Waals surface area contributed by atoms with Gasteiger partial charge < -0.3 is 0 Å². The molecule has 0 radical (unpaired) electrons. The van der Waals surface area contributed by atoms with Crippen LogP contribution in [-0.2, 0) is 0 Å². The van der Waals surface area contributed by atoms with Gasteiger partial charge in [0, 0.05) is 11.8 Å². The van der Waals surface area contributed by atoms with Crippen LogP contribution in [0, 0.1) is 23.7 Å². The number of hydrogen-bond donors (Lipinski definition) is 0. The van der Waals surface area contributed by atoms with Crippen molar-refractivity contribution in [1.29, 1.82) is 0 Å². The van der Waals surface area contributed by atoms with Crippen molar-refractivity contribution in [2.75, 3.05) is 0 Å². The van der Waals surface area contributed by atoms with Crippen LogP contribution in [0.25, 0.3) is 0 Å². The summed E-state index contributed by atoms with van der Waals surface area (Å²) in [7, 11) is 0. The molecule has 0 aliphatic heterocycles. The van der Waals surface area contributed by atoms with E-state index in [1.54, 1.807) is 0 Å². The van der Waals surface area contributed by atoms with E-state index in [1.807, 2.05) is 22.3 Å². The van der Waals surface area contributed by atoms with Gasteiger partial charge in [-0.05, 0) is 23.0 Å². The van der Waals surface area contributed by atoms with Crippen molar-refractivity contribution in [1.82, 2.24) is 0 Å². The van der Waals surface area contributed by atoms with Crippen LogP contribution in [-0.4, -0.2) is 0 Å². The fraction of sp³-hybridized carbons (Fsp3) is 0.500. The van der Waals surface area contributed by atoms with E-state index in [-0.39, 0.29) is 0 Å². The Hall–Kier alpha value is -0.520. The first-order valence-electron chi connectivity index (χ1n) is 3.48. The Morgan fingerprint density at radius 2 is 1.25 bits per heavy atom. The van der Waals surface area contributed by atoms with Gasteiger partial charge in [0.2, 0.25) is 0 Å². The molecule has 6 rings (SSSR count). The molecular formula is C8H4. The van der Waals surface area contributed by atoms with Crippen molar-refractivity contribution >= 4 is 0 Å². The fourth-order valence-electron chi connectivity index (χ4n) is 3.75. The predicted octanol–water partition coefficient (Wildman–Crippen LogP) is 1.11. The molecule has 4 atom stereocenters. The zero-order chi connectivity index (χ0) is 4.62. The molecule has 0 aromatic heterocycles. The highest BCUT2D eigenvalue weighted by atomic mass is 14.9. The van der Waals surface area contributed by atoms with Crippen LogP contribution in [0.15, 0.2) is 22.3 Å². The molecule has 8 heavy (non-hydrogen) atoms. The van der Waals surface area contributed by atoms with Gasteiger partial charge in [0.15, 0.2) is 0 Å². The predicted molar refractivity (Wildman–Crippen MR) is 28.0 cm³/mol. The lowest BCUT2D eigenvalue weighted by Gasteiger charge is -2.88. The van der Waals surface area contributed by atoms with Gasteiger partial charge in [0.05, 0.1) is 0 Å². The number of hydrogen-bond acceptors (Lipinski definition) is 0. The van der Waals surface area contributed by atoms with Crippen molar-refractivity contribution in [2.45, 2.75) is 0 Å². The van der Waals surface area contributed by atoms with E-state index in [0.29, 0.717) is 0 Å². The molecule has 0 amide bonds. The second kappa shape index (κ2) is 0.353. The zero-order valence-corrected chi connectivity index (χ0v) is 4.31. The molecule has 0 aromatic rings. The van der Waals surface area contributed by atoms with Crippen molar-refractivity contribution in [2.24, 2.45) is 23.7 Å². The third-order valence-corrected chi connectivity index (χ3v) is 4.03. The molecule has 0 aromatic carbocycles. The van der Waals surface area contributed by atoms with E-state index in [2.05, 4.69) is 0 Å². The molecule has 0 N–H and O–H groups in total. The van der Waals surface area contributed by atoms with Gasteiger partial charge in [0.25, 0.3) is 0 Å². The highest BCUT2D eigenvalue weighted by Gasteiger charge is 2.85. The smallest absolute Gasteiger partial charge is 0.0132 e. The van der Waals surface area contributed by atoms with Gasteiger partial charge in [-0.3, -0.25) is 0 Å². The number of rotatable bonds is 0. The van der Waals surface area contributed by atoms with Crippen LogP contribution >= 0.6 is 0 Å². The lowest BCUT2D eigenvalue weighted by Crippen LogP contribution is -2.79. The maximum Gasteiger partial charge on any atom is 0.0132 e. The molecule has 0 nitrogen and oxygen atoms in total. The molecule has 36 valence electrons. The summed E-state index contributed by atoms with van der Waals surface area (Å²) in [5.74, 6) is 4.50. The van der Waals surface area contributed by atoms with Gasteiger partial charge >= 0.3 is 0 Å². The molecule has 4 unspecified atom stereocenters. The molecule has 2 saturated carbocycles. The highest BCUT2D eigenvalue weighted by Crippen LogP contribution is 2.94. The van der Waals surface area contributed by atoms with Gasteiger partial charge in [0.1, 0.15) is 0 Å². The first-order valence-corrected chi connectivity index (χ1v) is 3.48. The SMILES string of the molecule is C12=C3C4C1=C1C2C3C14. The van der Waals surface area contributed by atoms with Crippen molar-refractivity contribution in [3.05, 3.63) is 22.3 Å². The second-order valence-corrected chi connectivity index (χ2v) is 3.74. The first-order chi connectivity index (χ1) is 4.00. The summed E-state index contributed by atoms with van der Waals surface area (Å²) < 4.78 is 0. The minimum atomic E-state index is 1.09. The maximum atomic E-state index is 1.91. The summed E-state index contributed by atoms with van der Waals surface area (Å²) in [5, 5.41) is 0. The van der Waals surface area contributed by atoms with Gasteiger partial charge in [-0.25, -0.2) is 0 Å². The Morgan fingerprint density at radius 3 is 1.38 bits per heavy atom. The van der Waals surface area contributed by atoms with Crippen LogP contribution in [0.3, 0.4) is 0 Å². The van der Waals surface area contributed by atoms with E-state index in [4.69, 9.17) is 0 Å². The van der Waals surface area contributed by atoms with Crippen molar-refractivity contribution in [3.63, 3.8) is 0 Å². The van der Waals surface area contributed by atoms with Crippen LogP contribution in [0.2, 0.25) is 0 Å². The van der Waals surface area contributed by atoms with E-state index in [9.17, 15) is 0 Å². The zero-order valence-electron chi connectivity index (χ0n) is 4.31. The van der Waals surface area contributed by atoms with E-state index in [0.717, 1.165) is 23.7 Å². The van der Waals surface area contributed by atoms with Crippen LogP contribution in [0.5, 0.6) is 0 Å². The van der Waals surface area contributed by atoms with Crippen molar-refractivity contribution in [3.8, 4) is 0 Å². The summed E-state index contributed by atoms with van der Waals surface area (Å²) in [6.45, 7) is 0. The fourth-order valence-corrected chi connectivity index (χ4v) is 3.75. The quantitative estimate of drug-likeness (QED) is 0.428. The minimum Gasteiger partial charge on any atom is -0.0533 e. The molecular weight excluding hydrogens is 96.1 g/mol. The van der Waals surface area contributed by atoms with E-state index < -0.39 is 0 Å². The number of allylic oxidation sites excluding steroid dienone is 4. The standard InChI is InChI=1S/C8H4/c1-2-5-3(1)7-4(1)6(2)8(5)7/h1-3,6H. The molecule has 0 bridgehead atoms. The summed E-state index contributed by atoms with van der Waals surface area (Å²) in [6.07, 6.45) is 0. The Bertz CT molecular complexity index is 296. The third-order valence-electron chi connectivity index (χ3n) is 4.03. The monoisotopic (exact) mass is 100 g/mol. The Morgan fingerprint density at radius 1 is 0.750 bits per heavy atom. The summed E-state index contributed by atoms with van der Waals surface area (Å²) in [4.78, 5) is 0. The van der Waals surface area contributed by atoms with E-state index in [1.165, 1.54) is 0 Å². The Labute approximate surface area is 46.9 Å². The third kappa shape index (κ3) is 0.0488. The molecule has 2 fully saturated rings. The van der Waals surface area contributed by atoms with Crippen LogP contribution in [0.4, 0.5) is 0 Å². The maximum absolute atomic E-state index is 1.91. The largest absolute Gasteiger partial charge is 0.0533 e. The second-order valence-electron chi connectivity index (χ2n) is 3.74. The molecule has 0 heterocycles.